The van der Waals surface area contributed by atoms with Gasteiger partial charge in [0.2, 0.25) is 0 Å². The molecular weight excluding hydrogens is 236 g/mol. The Morgan fingerprint density at radius 2 is 2.05 bits per heavy atom. The van der Waals surface area contributed by atoms with E-state index in [1.54, 1.807) is 6.20 Å². The van der Waals surface area contributed by atoms with Crippen molar-refractivity contribution >= 4 is 0 Å². The largest absolute Gasteiger partial charge is 0.310 e. The van der Waals surface area contributed by atoms with Gasteiger partial charge in [0.25, 0.3) is 0 Å². The highest BCUT2D eigenvalue weighted by atomic mass is 15.1. The van der Waals surface area contributed by atoms with Crippen molar-refractivity contribution in [2.24, 2.45) is 0 Å². The average molecular weight is 256 g/mol. The van der Waals surface area contributed by atoms with E-state index in [1.165, 1.54) is 37.7 Å². The number of nitrogens with zero attached hydrogens (tertiary/aromatic N) is 2. The quantitative estimate of drug-likeness (QED) is 0.884. The fourth-order valence-electron chi connectivity index (χ4n) is 2.77. The van der Waals surface area contributed by atoms with Crippen molar-refractivity contribution in [3.63, 3.8) is 0 Å². The van der Waals surface area contributed by atoms with E-state index in [2.05, 4.69) is 26.6 Å². The van der Waals surface area contributed by atoms with Crippen molar-refractivity contribution in [3.8, 4) is 11.4 Å². The van der Waals surface area contributed by atoms with Gasteiger partial charge in [-0.2, -0.15) is 5.10 Å². The summed E-state index contributed by atoms with van der Waals surface area (Å²) in [6, 6.07) is 6.77. The van der Waals surface area contributed by atoms with Crippen LogP contribution in [0.4, 0.5) is 0 Å². The molecule has 100 valence electrons. The molecule has 0 spiro atoms. The molecule has 2 aromatic heterocycles. The van der Waals surface area contributed by atoms with Crippen molar-refractivity contribution in [3.05, 3.63) is 36.2 Å². The van der Waals surface area contributed by atoms with Crippen LogP contribution in [0.15, 0.2) is 30.6 Å². The average Bonchev–Trinajstić information content (AvgIpc) is 3.01. The molecule has 0 atom stereocenters. The second-order valence-electron chi connectivity index (χ2n) is 5.20. The molecule has 1 aliphatic carbocycles. The van der Waals surface area contributed by atoms with Gasteiger partial charge in [-0.25, -0.2) is 0 Å². The molecule has 1 aliphatic rings. The van der Waals surface area contributed by atoms with Gasteiger partial charge in [-0.3, -0.25) is 10.1 Å². The Balaban J connectivity index is 1.70. The van der Waals surface area contributed by atoms with E-state index >= 15 is 0 Å². The van der Waals surface area contributed by atoms with Gasteiger partial charge in [-0.15, -0.1) is 0 Å². The molecular formula is C15H20N4. The van der Waals surface area contributed by atoms with Crippen LogP contribution in [0.2, 0.25) is 0 Å². The van der Waals surface area contributed by atoms with E-state index in [1.807, 2.05) is 18.3 Å². The third-order valence-corrected chi connectivity index (χ3v) is 3.83. The maximum Gasteiger partial charge on any atom is 0.0925 e. The fraction of sp³-hybridized carbons (Fsp3) is 0.467. The first-order valence-electron chi connectivity index (χ1n) is 7.10. The van der Waals surface area contributed by atoms with Crippen molar-refractivity contribution in [2.75, 3.05) is 0 Å². The number of H-pyrrole nitrogens is 1. The van der Waals surface area contributed by atoms with E-state index in [0.717, 1.165) is 17.9 Å². The van der Waals surface area contributed by atoms with Gasteiger partial charge in [0.05, 0.1) is 11.4 Å². The van der Waals surface area contributed by atoms with E-state index in [0.29, 0.717) is 6.04 Å². The molecule has 0 saturated heterocycles. The number of rotatable bonds is 4. The Labute approximate surface area is 113 Å². The van der Waals surface area contributed by atoms with Crippen molar-refractivity contribution < 1.29 is 0 Å². The van der Waals surface area contributed by atoms with Gasteiger partial charge in [0.1, 0.15) is 0 Å². The predicted molar refractivity (Wildman–Crippen MR) is 75.5 cm³/mol. The molecule has 1 saturated carbocycles. The fourth-order valence-corrected chi connectivity index (χ4v) is 2.77. The van der Waals surface area contributed by atoms with Gasteiger partial charge < -0.3 is 5.32 Å². The minimum atomic E-state index is 0.670. The van der Waals surface area contributed by atoms with E-state index in [-0.39, 0.29) is 0 Å². The molecule has 0 radical (unpaired) electrons. The highest BCUT2D eigenvalue weighted by Gasteiger charge is 2.14. The van der Waals surface area contributed by atoms with Crippen LogP contribution in [0, 0.1) is 0 Å². The molecule has 19 heavy (non-hydrogen) atoms. The van der Waals surface area contributed by atoms with Gasteiger partial charge in [0, 0.05) is 25.0 Å². The lowest BCUT2D eigenvalue weighted by atomic mass is 9.95. The Bertz CT molecular complexity index is 501. The number of hydrogen-bond acceptors (Lipinski definition) is 3. The zero-order valence-corrected chi connectivity index (χ0v) is 11.1. The van der Waals surface area contributed by atoms with Crippen LogP contribution in [-0.4, -0.2) is 21.2 Å². The summed E-state index contributed by atoms with van der Waals surface area (Å²) in [6.07, 6.45) is 10.3. The summed E-state index contributed by atoms with van der Waals surface area (Å²) in [4.78, 5) is 4.47. The third kappa shape index (κ3) is 3.01. The minimum Gasteiger partial charge on any atom is -0.310 e. The molecule has 3 rings (SSSR count). The van der Waals surface area contributed by atoms with Crippen LogP contribution in [0.5, 0.6) is 0 Å². The summed E-state index contributed by atoms with van der Waals surface area (Å²) in [6.45, 7) is 0.882. The summed E-state index contributed by atoms with van der Waals surface area (Å²) in [5.74, 6) is 0. The zero-order valence-electron chi connectivity index (χ0n) is 11.1. The van der Waals surface area contributed by atoms with Crippen molar-refractivity contribution in [1.82, 2.24) is 20.5 Å². The second kappa shape index (κ2) is 5.97. The molecule has 0 aromatic carbocycles. The molecule has 4 nitrogen and oxygen atoms in total. The smallest absolute Gasteiger partial charge is 0.0925 e. The van der Waals surface area contributed by atoms with E-state index in [4.69, 9.17) is 0 Å². The number of nitrogens with one attached hydrogen (secondary N) is 2. The molecule has 2 aromatic rings. The first-order chi connectivity index (χ1) is 9.43. The van der Waals surface area contributed by atoms with Crippen LogP contribution in [0.25, 0.3) is 11.4 Å². The van der Waals surface area contributed by atoms with Crippen LogP contribution >= 0.6 is 0 Å². The van der Waals surface area contributed by atoms with Gasteiger partial charge in [-0.1, -0.05) is 25.3 Å². The predicted octanol–water partition coefficient (Wildman–Crippen LogP) is 2.89. The molecule has 0 amide bonds. The monoisotopic (exact) mass is 256 g/mol. The lowest BCUT2D eigenvalue weighted by Gasteiger charge is -2.23. The summed E-state index contributed by atoms with van der Waals surface area (Å²) in [5.41, 5.74) is 3.22. The van der Waals surface area contributed by atoms with Crippen LogP contribution < -0.4 is 5.32 Å². The Hall–Kier alpha value is -1.68. The molecule has 1 fully saturated rings. The molecule has 4 heteroatoms. The maximum atomic E-state index is 4.47. The summed E-state index contributed by atoms with van der Waals surface area (Å²) in [7, 11) is 0. The highest BCUT2D eigenvalue weighted by Crippen LogP contribution is 2.21. The third-order valence-electron chi connectivity index (χ3n) is 3.83. The molecule has 2 N–H and O–H groups in total. The van der Waals surface area contributed by atoms with Gasteiger partial charge in [-0.05, 0) is 30.5 Å². The van der Waals surface area contributed by atoms with E-state index < -0.39 is 0 Å². The van der Waals surface area contributed by atoms with Crippen molar-refractivity contribution in [1.29, 1.82) is 0 Å². The molecule has 2 heterocycles. The number of aromatic nitrogens is 3. The lowest BCUT2D eigenvalue weighted by molar-refractivity contribution is 0.372. The SMILES string of the molecule is c1cnc(-c2ccn[nH]2)c(CNC2CCCCC2)c1. The Morgan fingerprint density at radius 1 is 1.16 bits per heavy atom. The van der Waals surface area contributed by atoms with Crippen LogP contribution in [0.3, 0.4) is 0 Å². The highest BCUT2D eigenvalue weighted by molar-refractivity contribution is 5.57. The number of aromatic amines is 1. The number of hydrogen-bond donors (Lipinski definition) is 2. The first kappa shape index (κ1) is 12.4. The Kier molecular flexibility index (Phi) is 3.89. The first-order valence-corrected chi connectivity index (χ1v) is 7.10. The summed E-state index contributed by atoms with van der Waals surface area (Å²) in [5, 5.41) is 10.7. The standard InChI is InChI=1S/C15H20N4/c1-2-6-13(7-3-1)17-11-12-5-4-9-16-15(12)14-8-10-18-19-14/h4-5,8-10,13,17H,1-3,6-7,11H2,(H,18,19). The Morgan fingerprint density at radius 3 is 2.84 bits per heavy atom. The number of pyridine rings is 1. The van der Waals surface area contributed by atoms with E-state index in [9.17, 15) is 0 Å². The topological polar surface area (TPSA) is 53.6 Å². The second-order valence-corrected chi connectivity index (χ2v) is 5.20. The molecule has 0 bridgehead atoms. The molecule has 0 aliphatic heterocycles. The van der Waals surface area contributed by atoms with Gasteiger partial charge in [0.15, 0.2) is 0 Å². The van der Waals surface area contributed by atoms with Crippen molar-refractivity contribution in [2.45, 2.75) is 44.7 Å². The normalized spacial score (nSPS) is 16.6. The summed E-state index contributed by atoms with van der Waals surface area (Å²) < 4.78 is 0. The van der Waals surface area contributed by atoms with Crippen LogP contribution in [-0.2, 0) is 6.54 Å². The zero-order chi connectivity index (χ0) is 12.9. The minimum absolute atomic E-state index is 0.670. The summed E-state index contributed by atoms with van der Waals surface area (Å²) >= 11 is 0. The maximum absolute atomic E-state index is 4.47. The van der Waals surface area contributed by atoms with Gasteiger partial charge >= 0.3 is 0 Å². The lowest BCUT2D eigenvalue weighted by Crippen LogP contribution is -2.30. The molecule has 0 unspecified atom stereocenters. The van der Waals surface area contributed by atoms with Crippen LogP contribution in [0.1, 0.15) is 37.7 Å².